The second-order valence-corrected chi connectivity index (χ2v) is 5.62. The molecule has 3 nitrogen and oxygen atoms in total. The van der Waals surface area contributed by atoms with Crippen LogP contribution in [0.15, 0.2) is 29.3 Å². The molecule has 1 aromatic rings. The Labute approximate surface area is 116 Å². The number of hydrogen-bond donors (Lipinski definition) is 0. The molecule has 1 aromatic heterocycles. The van der Waals surface area contributed by atoms with Crippen LogP contribution in [0.5, 0.6) is 0 Å². The third kappa shape index (κ3) is 2.97. The first kappa shape index (κ1) is 13.2. The molecule has 1 fully saturated rings. The van der Waals surface area contributed by atoms with Crippen LogP contribution in [0.1, 0.15) is 25.5 Å². The Hall–Kier alpha value is -1.20. The highest BCUT2D eigenvalue weighted by molar-refractivity contribution is 8.26. The Morgan fingerprint density at radius 3 is 3.00 bits per heavy atom. The van der Waals surface area contributed by atoms with Crippen LogP contribution in [0.3, 0.4) is 0 Å². The molecule has 1 amide bonds. The normalized spacial score (nSPS) is 17.8. The first-order valence-corrected chi connectivity index (χ1v) is 7.11. The van der Waals surface area contributed by atoms with E-state index in [4.69, 9.17) is 12.2 Å². The fourth-order valence-corrected chi connectivity index (χ4v) is 2.90. The number of unbranched alkanes of at least 4 members (excludes halogenated alkanes) is 1. The first-order valence-electron chi connectivity index (χ1n) is 5.88. The number of nitrogens with zero attached hydrogens (tertiary/aromatic N) is 2. The van der Waals surface area contributed by atoms with Crippen molar-refractivity contribution < 1.29 is 4.79 Å². The maximum absolute atomic E-state index is 12.1. The van der Waals surface area contributed by atoms with Crippen molar-refractivity contribution in [3.8, 4) is 0 Å². The Balaban J connectivity index is 2.15. The Morgan fingerprint density at radius 2 is 2.33 bits per heavy atom. The second kappa shape index (κ2) is 6.11. The number of thiocarbonyl (C=S) groups is 1. The maximum atomic E-state index is 12.1. The molecule has 2 rings (SSSR count). The summed E-state index contributed by atoms with van der Waals surface area (Å²) >= 11 is 6.59. The van der Waals surface area contributed by atoms with Crippen LogP contribution in [-0.2, 0) is 4.79 Å². The molecule has 2 heterocycles. The highest BCUT2D eigenvalue weighted by Crippen LogP contribution is 2.32. The zero-order valence-corrected chi connectivity index (χ0v) is 11.8. The summed E-state index contributed by atoms with van der Waals surface area (Å²) in [6.07, 6.45) is 5.54. The molecule has 0 unspecified atom stereocenters. The van der Waals surface area contributed by atoms with Crippen LogP contribution in [0.2, 0.25) is 0 Å². The summed E-state index contributed by atoms with van der Waals surface area (Å²) in [6, 6.07) is 5.62. The summed E-state index contributed by atoms with van der Waals surface area (Å²) in [5.41, 5.74) is 0.786. The highest BCUT2D eigenvalue weighted by Gasteiger charge is 2.31. The molecule has 1 aliphatic rings. The van der Waals surface area contributed by atoms with Gasteiger partial charge in [0.2, 0.25) is 0 Å². The van der Waals surface area contributed by atoms with E-state index in [-0.39, 0.29) is 5.91 Å². The molecule has 0 atom stereocenters. The lowest BCUT2D eigenvalue weighted by atomic mass is 10.3. The molecule has 0 aliphatic carbocycles. The van der Waals surface area contributed by atoms with Crippen molar-refractivity contribution in [2.24, 2.45) is 0 Å². The summed E-state index contributed by atoms with van der Waals surface area (Å²) < 4.78 is 0.649. The number of carbonyl (C=O) groups is 1. The van der Waals surface area contributed by atoms with E-state index in [2.05, 4.69) is 11.9 Å². The fourth-order valence-electron chi connectivity index (χ4n) is 1.60. The maximum Gasteiger partial charge on any atom is 0.266 e. The van der Waals surface area contributed by atoms with Crippen molar-refractivity contribution in [2.45, 2.75) is 19.8 Å². The van der Waals surface area contributed by atoms with Gasteiger partial charge in [-0.25, -0.2) is 0 Å². The van der Waals surface area contributed by atoms with Crippen molar-refractivity contribution in [3.05, 3.63) is 35.0 Å². The number of pyridine rings is 1. The molecule has 0 spiro atoms. The van der Waals surface area contributed by atoms with E-state index in [1.165, 1.54) is 11.8 Å². The molecule has 0 saturated carbocycles. The van der Waals surface area contributed by atoms with Crippen molar-refractivity contribution in [3.63, 3.8) is 0 Å². The monoisotopic (exact) mass is 278 g/mol. The van der Waals surface area contributed by atoms with Gasteiger partial charge < -0.3 is 0 Å². The third-order valence-corrected chi connectivity index (χ3v) is 3.95. The lowest BCUT2D eigenvalue weighted by molar-refractivity contribution is -0.122. The molecule has 0 bridgehead atoms. The minimum Gasteiger partial charge on any atom is -0.293 e. The van der Waals surface area contributed by atoms with Crippen LogP contribution in [0.4, 0.5) is 0 Å². The summed E-state index contributed by atoms with van der Waals surface area (Å²) in [5, 5.41) is 0. The highest BCUT2D eigenvalue weighted by atomic mass is 32.2. The largest absolute Gasteiger partial charge is 0.293 e. The van der Waals surface area contributed by atoms with E-state index < -0.39 is 0 Å². The molecule has 0 N–H and O–H groups in total. The Kier molecular flexibility index (Phi) is 4.49. The van der Waals surface area contributed by atoms with E-state index >= 15 is 0 Å². The van der Waals surface area contributed by atoms with Crippen molar-refractivity contribution in [1.29, 1.82) is 0 Å². The van der Waals surface area contributed by atoms with Crippen molar-refractivity contribution in [1.82, 2.24) is 9.88 Å². The zero-order chi connectivity index (χ0) is 13.0. The van der Waals surface area contributed by atoms with Crippen LogP contribution in [0.25, 0.3) is 6.08 Å². The molecular weight excluding hydrogens is 264 g/mol. The molecular formula is C13H14N2OS2. The SMILES string of the molecule is CCCCN1C(=O)/C(=C/c2ccccn2)SC1=S. The average Bonchev–Trinajstić information content (AvgIpc) is 2.64. The van der Waals surface area contributed by atoms with Gasteiger partial charge >= 0.3 is 0 Å². The molecule has 1 saturated heterocycles. The number of hydrogen-bond acceptors (Lipinski definition) is 4. The number of aromatic nitrogens is 1. The molecule has 94 valence electrons. The van der Waals surface area contributed by atoms with Gasteiger partial charge in [-0.2, -0.15) is 0 Å². The van der Waals surface area contributed by atoms with Gasteiger partial charge in [-0.05, 0) is 24.6 Å². The molecule has 0 radical (unpaired) electrons. The predicted molar refractivity (Wildman–Crippen MR) is 79.0 cm³/mol. The van der Waals surface area contributed by atoms with Crippen molar-refractivity contribution in [2.75, 3.05) is 6.54 Å². The van der Waals surface area contributed by atoms with Crippen LogP contribution < -0.4 is 0 Å². The van der Waals surface area contributed by atoms with Gasteiger partial charge in [-0.1, -0.05) is 43.4 Å². The predicted octanol–water partition coefficient (Wildman–Crippen LogP) is 3.08. The summed E-state index contributed by atoms with van der Waals surface area (Å²) in [5.74, 6) is 0.00380. The number of carbonyl (C=O) groups excluding carboxylic acids is 1. The van der Waals surface area contributed by atoms with E-state index in [9.17, 15) is 4.79 Å². The van der Waals surface area contributed by atoms with Gasteiger partial charge in [0.05, 0.1) is 10.6 Å². The minimum absolute atomic E-state index is 0.00380. The van der Waals surface area contributed by atoms with Gasteiger partial charge in [-0.3, -0.25) is 14.7 Å². The molecule has 5 heteroatoms. The lowest BCUT2D eigenvalue weighted by Crippen LogP contribution is -2.28. The standard InChI is InChI=1S/C13H14N2OS2/c1-2-3-8-15-12(16)11(18-13(15)17)9-10-6-4-5-7-14-10/h4-7,9H,2-3,8H2,1H3/b11-9-. The molecule has 0 aromatic carbocycles. The zero-order valence-electron chi connectivity index (χ0n) is 10.1. The second-order valence-electron chi connectivity index (χ2n) is 3.94. The van der Waals surface area contributed by atoms with E-state index in [0.29, 0.717) is 15.8 Å². The minimum atomic E-state index is 0.00380. The van der Waals surface area contributed by atoms with Gasteiger partial charge in [0.1, 0.15) is 4.32 Å². The van der Waals surface area contributed by atoms with Crippen LogP contribution in [-0.4, -0.2) is 26.7 Å². The van der Waals surface area contributed by atoms with Crippen LogP contribution in [0, 0.1) is 0 Å². The number of rotatable bonds is 4. The number of thioether (sulfide) groups is 1. The Morgan fingerprint density at radius 1 is 1.50 bits per heavy atom. The number of amides is 1. The molecule has 1 aliphatic heterocycles. The summed E-state index contributed by atoms with van der Waals surface area (Å²) in [7, 11) is 0. The van der Waals surface area contributed by atoms with E-state index in [0.717, 1.165) is 18.5 Å². The average molecular weight is 278 g/mol. The smallest absolute Gasteiger partial charge is 0.266 e. The van der Waals surface area contributed by atoms with Gasteiger partial charge in [0.15, 0.2) is 0 Å². The van der Waals surface area contributed by atoms with Crippen molar-refractivity contribution >= 4 is 40.3 Å². The quantitative estimate of drug-likeness (QED) is 0.626. The fraction of sp³-hybridized carbons (Fsp3) is 0.308. The third-order valence-electron chi connectivity index (χ3n) is 2.58. The van der Waals surface area contributed by atoms with Gasteiger partial charge in [0, 0.05) is 12.7 Å². The topological polar surface area (TPSA) is 33.2 Å². The van der Waals surface area contributed by atoms with Crippen LogP contribution >= 0.6 is 24.0 Å². The van der Waals surface area contributed by atoms with E-state index in [1.807, 2.05) is 18.2 Å². The Bertz CT molecular complexity index is 485. The van der Waals surface area contributed by atoms with Gasteiger partial charge in [0.25, 0.3) is 5.91 Å². The van der Waals surface area contributed by atoms with Gasteiger partial charge in [-0.15, -0.1) is 0 Å². The first-order chi connectivity index (χ1) is 8.72. The van der Waals surface area contributed by atoms with E-state index in [1.54, 1.807) is 17.2 Å². The summed E-state index contributed by atoms with van der Waals surface area (Å²) in [4.78, 5) is 18.7. The lowest BCUT2D eigenvalue weighted by Gasteiger charge is -2.12. The molecule has 18 heavy (non-hydrogen) atoms. The summed E-state index contributed by atoms with van der Waals surface area (Å²) in [6.45, 7) is 2.81.